The molecule has 0 atom stereocenters. The number of rotatable bonds is 4. The molecule has 1 saturated heterocycles. The highest BCUT2D eigenvalue weighted by molar-refractivity contribution is 7.92. The van der Waals surface area contributed by atoms with Gasteiger partial charge in [0.25, 0.3) is 5.91 Å². The summed E-state index contributed by atoms with van der Waals surface area (Å²) in [5.74, 6) is -0.766. The molecule has 3 aromatic rings. The summed E-state index contributed by atoms with van der Waals surface area (Å²) in [6, 6.07) is 11.5. The van der Waals surface area contributed by atoms with Crippen LogP contribution in [0.3, 0.4) is 0 Å². The zero-order valence-electron chi connectivity index (χ0n) is 13.9. The van der Waals surface area contributed by atoms with Crippen molar-refractivity contribution in [2.24, 2.45) is 0 Å². The van der Waals surface area contributed by atoms with Crippen molar-refractivity contribution in [2.45, 2.75) is 10.1 Å². The molecule has 1 aliphatic rings. The third-order valence-corrected chi connectivity index (χ3v) is 6.53. The summed E-state index contributed by atoms with van der Waals surface area (Å²) in [4.78, 5) is 14.1. The third kappa shape index (κ3) is 3.19. The first-order valence-electron chi connectivity index (χ1n) is 8.07. The number of aromatic nitrogens is 4. The van der Waals surface area contributed by atoms with Crippen LogP contribution in [-0.2, 0) is 9.84 Å². The van der Waals surface area contributed by atoms with E-state index < -0.39 is 20.9 Å². The minimum atomic E-state index is -3.60. The molecule has 1 amide bonds. The maximum Gasteiger partial charge on any atom is 0.254 e. The Hall–Kier alpha value is -3.14. The summed E-state index contributed by atoms with van der Waals surface area (Å²) in [7, 11) is -3.60. The average Bonchev–Trinajstić information content (AvgIpc) is 3.15. The number of hydrogen-bond acceptors (Lipinski definition) is 6. The SMILES string of the molecule is O=C(c1cccc(-n2cnnn2)c1)N1CC(S(=O)(=O)c2ccc(F)cc2)C1. The van der Waals surface area contributed by atoms with Crippen LogP contribution >= 0.6 is 0 Å². The van der Waals surface area contributed by atoms with Gasteiger partial charge in [-0.3, -0.25) is 4.79 Å². The van der Waals surface area contributed by atoms with Crippen molar-refractivity contribution in [3.05, 3.63) is 66.2 Å². The summed E-state index contributed by atoms with van der Waals surface area (Å²) in [6.45, 7) is 0.182. The van der Waals surface area contributed by atoms with Crippen LogP contribution in [0.15, 0.2) is 59.8 Å². The molecule has 2 aromatic carbocycles. The van der Waals surface area contributed by atoms with Crippen molar-refractivity contribution >= 4 is 15.7 Å². The largest absolute Gasteiger partial charge is 0.336 e. The number of tetrazole rings is 1. The van der Waals surface area contributed by atoms with E-state index in [1.807, 2.05) is 0 Å². The van der Waals surface area contributed by atoms with Gasteiger partial charge in [0.15, 0.2) is 9.84 Å². The van der Waals surface area contributed by atoms with Gasteiger partial charge in [0.1, 0.15) is 17.4 Å². The zero-order chi connectivity index (χ0) is 19.0. The molecule has 1 aliphatic heterocycles. The topological polar surface area (TPSA) is 98.1 Å². The quantitative estimate of drug-likeness (QED) is 0.622. The highest BCUT2D eigenvalue weighted by atomic mass is 32.2. The van der Waals surface area contributed by atoms with Gasteiger partial charge in [-0.05, 0) is 52.9 Å². The fraction of sp³-hybridized carbons (Fsp3) is 0.176. The first-order chi connectivity index (χ1) is 12.9. The van der Waals surface area contributed by atoms with E-state index in [9.17, 15) is 17.6 Å². The van der Waals surface area contributed by atoms with E-state index in [1.54, 1.807) is 24.3 Å². The van der Waals surface area contributed by atoms with E-state index in [4.69, 9.17) is 0 Å². The van der Waals surface area contributed by atoms with Crippen LogP contribution in [0.2, 0.25) is 0 Å². The van der Waals surface area contributed by atoms with E-state index in [2.05, 4.69) is 15.5 Å². The molecule has 0 aliphatic carbocycles. The monoisotopic (exact) mass is 387 g/mol. The number of carbonyl (C=O) groups is 1. The van der Waals surface area contributed by atoms with Crippen LogP contribution in [0.4, 0.5) is 4.39 Å². The molecule has 0 bridgehead atoms. The number of amides is 1. The van der Waals surface area contributed by atoms with Crippen LogP contribution in [0.5, 0.6) is 0 Å². The molecular weight excluding hydrogens is 373 g/mol. The molecule has 10 heteroatoms. The van der Waals surface area contributed by atoms with E-state index in [-0.39, 0.29) is 23.9 Å². The molecule has 2 heterocycles. The van der Waals surface area contributed by atoms with Crippen molar-refractivity contribution in [1.29, 1.82) is 0 Å². The molecule has 138 valence electrons. The predicted octanol–water partition coefficient (Wildman–Crippen LogP) is 1.10. The van der Waals surface area contributed by atoms with E-state index in [1.165, 1.54) is 28.0 Å². The van der Waals surface area contributed by atoms with Gasteiger partial charge in [0.05, 0.1) is 10.6 Å². The van der Waals surface area contributed by atoms with Gasteiger partial charge in [-0.1, -0.05) is 6.07 Å². The minimum Gasteiger partial charge on any atom is -0.336 e. The lowest BCUT2D eigenvalue weighted by atomic mass is 10.1. The lowest BCUT2D eigenvalue weighted by Crippen LogP contribution is -2.56. The molecule has 27 heavy (non-hydrogen) atoms. The summed E-state index contributed by atoms with van der Waals surface area (Å²) in [6.07, 6.45) is 1.42. The van der Waals surface area contributed by atoms with Gasteiger partial charge in [-0.25, -0.2) is 17.5 Å². The van der Waals surface area contributed by atoms with Crippen LogP contribution < -0.4 is 0 Å². The standard InChI is InChI=1S/C17H14FN5O3S/c18-13-4-6-15(7-5-13)27(25,26)16-9-22(10-16)17(24)12-2-1-3-14(8-12)23-11-19-20-21-23/h1-8,11,16H,9-10H2. The Labute approximate surface area is 154 Å². The average molecular weight is 387 g/mol. The lowest BCUT2D eigenvalue weighted by Gasteiger charge is -2.38. The second-order valence-electron chi connectivity index (χ2n) is 6.14. The summed E-state index contributed by atoms with van der Waals surface area (Å²) in [5.41, 5.74) is 1.04. The lowest BCUT2D eigenvalue weighted by molar-refractivity contribution is 0.0659. The Morgan fingerprint density at radius 2 is 1.85 bits per heavy atom. The van der Waals surface area contributed by atoms with Crippen LogP contribution in [-0.4, -0.2) is 57.8 Å². The van der Waals surface area contributed by atoms with Crippen LogP contribution in [0, 0.1) is 5.82 Å². The highest BCUT2D eigenvalue weighted by Gasteiger charge is 2.40. The number of halogens is 1. The van der Waals surface area contributed by atoms with Gasteiger partial charge in [0.2, 0.25) is 0 Å². The van der Waals surface area contributed by atoms with Gasteiger partial charge in [-0.15, -0.1) is 5.10 Å². The van der Waals surface area contributed by atoms with Crippen molar-refractivity contribution < 1.29 is 17.6 Å². The Morgan fingerprint density at radius 1 is 1.11 bits per heavy atom. The molecule has 0 radical (unpaired) electrons. The summed E-state index contributed by atoms with van der Waals surface area (Å²) < 4.78 is 39.5. The molecule has 8 nitrogen and oxygen atoms in total. The van der Waals surface area contributed by atoms with Gasteiger partial charge in [0, 0.05) is 18.7 Å². The molecular formula is C17H14FN5O3S. The fourth-order valence-electron chi connectivity index (χ4n) is 2.86. The molecule has 0 spiro atoms. The number of sulfone groups is 1. The first-order valence-corrected chi connectivity index (χ1v) is 9.62. The molecule has 0 unspecified atom stereocenters. The molecule has 1 aromatic heterocycles. The number of carbonyl (C=O) groups excluding carboxylic acids is 1. The van der Waals surface area contributed by atoms with Gasteiger partial charge < -0.3 is 4.90 Å². The zero-order valence-corrected chi connectivity index (χ0v) is 14.8. The number of nitrogens with zero attached hydrogens (tertiary/aromatic N) is 5. The molecule has 4 rings (SSSR count). The molecule has 1 fully saturated rings. The Kier molecular flexibility index (Phi) is 4.19. The second kappa shape index (κ2) is 6.54. The third-order valence-electron chi connectivity index (χ3n) is 4.42. The Balaban J connectivity index is 1.47. The molecule has 0 saturated carbocycles. The van der Waals surface area contributed by atoms with Crippen molar-refractivity contribution in [3.8, 4) is 5.69 Å². The van der Waals surface area contributed by atoms with Gasteiger partial charge >= 0.3 is 0 Å². The maximum atomic E-state index is 13.0. The number of benzene rings is 2. The minimum absolute atomic E-state index is 0.0571. The van der Waals surface area contributed by atoms with Crippen molar-refractivity contribution in [2.75, 3.05) is 13.1 Å². The summed E-state index contributed by atoms with van der Waals surface area (Å²) >= 11 is 0. The van der Waals surface area contributed by atoms with E-state index in [0.29, 0.717) is 11.3 Å². The Bertz CT molecular complexity index is 1080. The smallest absolute Gasteiger partial charge is 0.254 e. The fourth-order valence-corrected chi connectivity index (χ4v) is 4.51. The van der Waals surface area contributed by atoms with Crippen LogP contribution in [0.25, 0.3) is 5.69 Å². The first kappa shape index (κ1) is 17.3. The normalized spacial score (nSPS) is 14.8. The van der Waals surface area contributed by atoms with E-state index >= 15 is 0 Å². The second-order valence-corrected chi connectivity index (χ2v) is 8.36. The summed E-state index contributed by atoms with van der Waals surface area (Å²) in [5, 5.41) is 10.2. The maximum absolute atomic E-state index is 13.0. The van der Waals surface area contributed by atoms with Crippen LogP contribution in [0.1, 0.15) is 10.4 Å². The van der Waals surface area contributed by atoms with Gasteiger partial charge in [-0.2, -0.15) is 0 Å². The molecule has 0 N–H and O–H groups in total. The number of hydrogen-bond donors (Lipinski definition) is 0. The van der Waals surface area contributed by atoms with E-state index in [0.717, 1.165) is 12.1 Å². The highest BCUT2D eigenvalue weighted by Crippen LogP contribution is 2.25. The van der Waals surface area contributed by atoms with Crippen molar-refractivity contribution in [3.63, 3.8) is 0 Å². The number of likely N-dealkylation sites (tertiary alicyclic amines) is 1. The predicted molar refractivity (Wildman–Crippen MR) is 92.4 cm³/mol. The Morgan fingerprint density at radius 3 is 2.52 bits per heavy atom. The van der Waals surface area contributed by atoms with Crippen molar-refractivity contribution in [1.82, 2.24) is 25.1 Å².